The average molecular weight is 497 g/mol. The maximum absolute atomic E-state index is 12.4. The molecule has 0 saturated carbocycles. The Kier molecular flexibility index (Phi) is 5.75. The van der Waals surface area contributed by atoms with Crippen molar-refractivity contribution in [1.82, 2.24) is 14.1 Å². The van der Waals surface area contributed by atoms with Gasteiger partial charge in [-0.25, -0.2) is 4.79 Å². The van der Waals surface area contributed by atoms with Gasteiger partial charge in [-0.15, -0.1) is 0 Å². The van der Waals surface area contributed by atoms with Crippen LogP contribution in [-0.4, -0.2) is 26.1 Å². The molecule has 0 bridgehead atoms. The van der Waals surface area contributed by atoms with Crippen molar-refractivity contribution in [1.29, 1.82) is 0 Å². The van der Waals surface area contributed by atoms with Gasteiger partial charge in [0.2, 0.25) is 0 Å². The number of amides is 1. The fourth-order valence-electron chi connectivity index (χ4n) is 3.36. The van der Waals surface area contributed by atoms with Crippen LogP contribution in [0.4, 0.5) is 5.69 Å². The number of aromatic nitrogens is 3. The van der Waals surface area contributed by atoms with Gasteiger partial charge in [0.1, 0.15) is 11.3 Å². The van der Waals surface area contributed by atoms with E-state index in [1.807, 2.05) is 24.3 Å². The van der Waals surface area contributed by atoms with Gasteiger partial charge in [0, 0.05) is 29.9 Å². The summed E-state index contributed by atoms with van der Waals surface area (Å²) in [6.07, 6.45) is -0.699. The molecule has 32 heavy (non-hydrogen) atoms. The molecule has 2 aromatic carbocycles. The van der Waals surface area contributed by atoms with Crippen LogP contribution in [0.5, 0.6) is 5.75 Å². The Balaban J connectivity index is 1.51. The van der Waals surface area contributed by atoms with Crippen molar-refractivity contribution >= 4 is 38.6 Å². The van der Waals surface area contributed by atoms with E-state index >= 15 is 0 Å². The van der Waals surface area contributed by atoms with Crippen LogP contribution in [-0.2, 0) is 18.9 Å². The number of aromatic amines is 1. The van der Waals surface area contributed by atoms with Gasteiger partial charge in [-0.1, -0.05) is 15.9 Å². The van der Waals surface area contributed by atoms with E-state index in [-0.39, 0.29) is 17.2 Å². The van der Waals surface area contributed by atoms with Crippen LogP contribution >= 0.6 is 15.9 Å². The van der Waals surface area contributed by atoms with Crippen LogP contribution in [0.3, 0.4) is 0 Å². The molecule has 2 aromatic heterocycles. The van der Waals surface area contributed by atoms with Gasteiger partial charge in [-0.3, -0.25) is 18.7 Å². The SMILES string of the molecule is C[C@H](Oc1ccc(-c2cc3c([nH]2)c(=O)n(C)c(=O)n3C)cc1)C(=O)Nc1ccc(Br)cc1. The third kappa shape index (κ3) is 4.11. The Morgan fingerprint density at radius 2 is 1.69 bits per heavy atom. The van der Waals surface area contributed by atoms with E-state index in [1.165, 1.54) is 11.6 Å². The summed E-state index contributed by atoms with van der Waals surface area (Å²) in [7, 11) is 3.07. The van der Waals surface area contributed by atoms with Gasteiger partial charge in [-0.05, 0) is 67.1 Å². The summed E-state index contributed by atoms with van der Waals surface area (Å²) in [5, 5.41) is 2.81. The lowest BCUT2D eigenvalue weighted by atomic mass is 10.1. The van der Waals surface area contributed by atoms with Crippen molar-refractivity contribution < 1.29 is 9.53 Å². The van der Waals surface area contributed by atoms with Gasteiger partial charge < -0.3 is 15.0 Å². The van der Waals surface area contributed by atoms with Crippen LogP contribution in [0.25, 0.3) is 22.3 Å². The zero-order valence-electron chi connectivity index (χ0n) is 17.7. The van der Waals surface area contributed by atoms with Crippen molar-refractivity contribution in [3.8, 4) is 17.0 Å². The molecule has 2 heterocycles. The van der Waals surface area contributed by atoms with E-state index in [0.717, 1.165) is 14.6 Å². The Morgan fingerprint density at radius 3 is 2.34 bits per heavy atom. The number of H-pyrrole nitrogens is 1. The van der Waals surface area contributed by atoms with E-state index in [9.17, 15) is 14.4 Å². The fraction of sp³-hybridized carbons (Fsp3) is 0.174. The molecule has 0 fully saturated rings. The first-order valence-electron chi connectivity index (χ1n) is 9.87. The Bertz CT molecular complexity index is 1420. The number of hydrogen-bond acceptors (Lipinski definition) is 4. The number of nitrogens with zero attached hydrogens (tertiary/aromatic N) is 2. The number of anilines is 1. The van der Waals surface area contributed by atoms with E-state index in [0.29, 0.717) is 28.2 Å². The average Bonchev–Trinajstić information content (AvgIpc) is 3.24. The number of aryl methyl sites for hydroxylation is 1. The molecule has 1 amide bonds. The summed E-state index contributed by atoms with van der Waals surface area (Å²) in [5.74, 6) is 0.274. The number of fused-ring (bicyclic) bond motifs is 1. The van der Waals surface area contributed by atoms with Crippen LogP contribution in [0, 0.1) is 0 Å². The molecule has 0 unspecified atom stereocenters. The Hall–Kier alpha value is -3.59. The maximum Gasteiger partial charge on any atom is 0.331 e. The molecule has 2 N–H and O–H groups in total. The highest BCUT2D eigenvalue weighted by Gasteiger charge is 2.16. The van der Waals surface area contributed by atoms with Crippen molar-refractivity contribution in [2.75, 3.05) is 5.32 Å². The predicted molar refractivity (Wildman–Crippen MR) is 127 cm³/mol. The van der Waals surface area contributed by atoms with Gasteiger partial charge >= 0.3 is 5.69 Å². The number of nitrogens with one attached hydrogen (secondary N) is 2. The number of carbonyl (C=O) groups excluding carboxylic acids is 1. The molecule has 0 saturated heterocycles. The minimum atomic E-state index is -0.699. The largest absolute Gasteiger partial charge is 0.481 e. The van der Waals surface area contributed by atoms with E-state index in [1.54, 1.807) is 44.3 Å². The summed E-state index contributed by atoms with van der Waals surface area (Å²) in [6, 6.07) is 16.2. The first-order chi connectivity index (χ1) is 15.2. The smallest absolute Gasteiger partial charge is 0.331 e. The van der Waals surface area contributed by atoms with E-state index in [4.69, 9.17) is 4.74 Å². The monoisotopic (exact) mass is 496 g/mol. The molecule has 4 rings (SSSR count). The second-order valence-corrected chi connectivity index (χ2v) is 8.35. The van der Waals surface area contributed by atoms with Crippen molar-refractivity contribution in [3.05, 3.63) is 79.9 Å². The fourth-order valence-corrected chi connectivity index (χ4v) is 3.62. The van der Waals surface area contributed by atoms with Crippen molar-refractivity contribution in [2.45, 2.75) is 13.0 Å². The zero-order chi connectivity index (χ0) is 23.0. The molecule has 0 aliphatic heterocycles. The highest BCUT2D eigenvalue weighted by Crippen LogP contribution is 2.25. The quantitative estimate of drug-likeness (QED) is 0.442. The first kappa shape index (κ1) is 21.6. The number of carbonyl (C=O) groups is 1. The highest BCUT2D eigenvalue weighted by atomic mass is 79.9. The second kappa shape index (κ2) is 8.51. The number of halogens is 1. The summed E-state index contributed by atoms with van der Waals surface area (Å²) in [6.45, 7) is 1.68. The molecule has 0 spiro atoms. The summed E-state index contributed by atoms with van der Waals surface area (Å²) < 4.78 is 9.19. The van der Waals surface area contributed by atoms with Crippen molar-refractivity contribution in [3.63, 3.8) is 0 Å². The standard InChI is InChI=1S/C23H21BrN4O4/c1-13(21(29)25-16-8-6-15(24)7-9-16)32-17-10-4-14(5-11-17)18-12-19-20(26-18)22(30)28(3)23(31)27(19)2/h4-13,26H,1-3H3,(H,25,29)/t13-/m0/s1. The van der Waals surface area contributed by atoms with Gasteiger partial charge in [0.25, 0.3) is 11.5 Å². The molecular formula is C23H21BrN4O4. The predicted octanol–water partition coefficient (Wildman–Crippen LogP) is 3.40. The van der Waals surface area contributed by atoms with E-state index in [2.05, 4.69) is 26.2 Å². The lowest BCUT2D eigenvalue weighted by Gasteiger charge is -2.15. The van der Waals surface area contributed by atoms with Gasteiger partial charge in [0.05, 0.1) is 5.52 Å². The normalized spacial score (nSPS) is 12.0. The van der Waals surface area contributed by atoms with E-state index < -0.39 is 6.10 Å². The molecule has 164 valence electrons. The number of benzene rings is 2. The lowest BCUT2D eigenvalue weighted by Crippen LogP contribution is -2.36. The van der Waals surface area contributed by atoms with Gasteiger partial charge in [-0.2, -0.15) is 0 Å². The first-order valence-corrected chi connectivity index (χ1v) is 10.7. The minimum absolute atomic E-state index is 0.260. The maximum atomic E-state index is 12.4. The summed E-state index contributed by atoms with van der Waals surface area (Å²) in [4.78, 5) is 40.0. The van der Waals surface area contributed by atoms with Crippen LogP contribution in [0.2, 0.25) is 0 Å². The van der Waals surface area contributed by atoms with Crippen LogP contribution in [0.15, 0.2) is 68.7 Å². The topological polar surface area (TPSA) is 98.1 Å². The molecular weight excluding hydrogens is 476 g/mol. The Morgan fingerprint density at radius 1 is 1.03 bits per heavy atom. The molecule has 1 atom stereocenters. The highest BCUT2D eigenvalue weighted by molar-refractivity contribution is 9.10. The molecule has 9 heteroatoms. The summed E-state index contributed by atoms with van der Waals surface area (Å²) >= 11 is 3.36. The number of rotatable bonds is 5. The van der Waals surface area contributed by atoms with Crippen LogP contribution in [0.1, 0.15) is 6.92 Å². The van der Waals surface area contributed by atoms with Crippen molar-refractivity contribution in [2.24, 2.45) is 14.1 Å². The zero-order valence-corrected chi connectivity index (χ0v) is 19.3. The minimum Gasteiger partial charge on any atom is -0.481 e. The second-order valence-electron chi connectivity index (χ2n) is 7.43. The molecule has 0 aliphatic rings. The molecule has 0 aliphatic carbocycles. The molecule has 0 radical (unpaired) electrons. The molecule has 8 nitrogen and oxygen atoms in total. The molecule has 4 aromatic rings. The number of hydrogen-bond donors (Lipinski definition) is 2. The van der Waals surface area contributed by atoms with Gasteiger partial charge in [0.15, 0.2) is 6.10 Å². The third-order valence-electron chi connectivity index (χ3n) is 5.21. The lowest BCUT2D eigenvalue weighted by molar-refractivity contribution is -0.122. The third-order valence-corrected chi connectivity index (χ3v) is 5.74. The number of ether oxygens (including phenoxy) is 1. The Labute approximate surface area is 191 Å². The van der Waals surface area contributed by atoms with Crippen LogP contribution < -0.4 is 21.3 Å². The summed E-state index contributed by atoms with van der Waals surface area (Å²) in [5.41, 5.74) is 2.34.